The highest BCUT2D eigenvalue weighted by Crippen LogP contribution is 2.47. The molecular formula is C29H33NO5. The number of hydrogen-bond donors (Lipinski definition) is 0. The van der Waals surface area contributed by atoms with Gasteiger partial charge in [-0.1, -0.05) is 42.8 Å². The van der Waals surface area contributed by atoms with Gasteiger partial charge in [0.1, 0.15) is 6.10 Å². The minimum absolute atomic E-state index is 0.0929. The van der Waals surface area contributed by atoms with E-state index in [1.165, 1.54) is 0 Å². The maximum Gasteiger partial charge on any atom is 0.290 e. The summed E-state index contributed by atoms with van der Waals surface area (Å²) in [5, 5.41) is 0. The van der Waals surface area contributed by atoms with Gasteiger partial charge in [0.2, 0.25) is 0 Å². The first kappa shape index (κ1) is 23.5. The van der Waals surface area contributed by atoms with Crippen LogP contribution >= 0.6 is 0 Å². The van der Waals surface area contributed by atoms with Crippen molar-refractivity contribution in [2.45, 2.75) is 51.7 Å². The number of ether oxygens (including phenoxy) is 3. The lowest BCUT2D eigenvalue weighted by molar-refractivity contribution is -0.136. The topological polar surface area (TPSA) is 65.1 Å². The molecule has 0 spiro atoms. The lowest BCUT2D eigenvalue weighted by atomic mass is 9.74. The lowest BCUT2D eigenvalue weighted by Crippen LogP contribution is -2.41. The molecule has 2 aromatic rings. The second kappa shape index (κ2) is 9.40. The Hall–Kier alpha value is -3.28. The normalized spacial score (nSPS) is 25.8. The standard InChI is InChI=1S/C29H33NO5/c1-17-5-9-20(10-6-17)26-25-27(31)21-15-18(2)7-11-22(21)35-28(25)29(32)30(26)14-13-19-8-12-23(33-3)24(16-19)34-4/h5-6,8-10,12,16,18,21-22,26H,7,11,13-15H2,1-4H3. The molecule has 0 bridgehead atoms. The summed E-state index contributed by atoms with van der Waals surface area (Å²) in [7, 11) is 3.22. The molecule has 3 aliphatic rings. The van der Waals surface area contributed by atoms with Crippen molar-refractivity contribution < 1.29 is 23.8 Å². The zero-order valence-corrected chi connectivity index (χ0v) is 20.9. The number of fused-ring (bicyclic) bond motifs is 1. The van der Waals surface area contributed by atoms with Gasteiger partial charge in [-0.05, 0) is 61.8 Å². The van der Waals surface area contributed by atoms with E-state index in [1.807, 2.05) is 54.3 Å². The van der Waals surface area contributed by atoms with Crippen molar-refractivity contribution in [3.8, 4) is 11.5 Å². The van der Waals surface area contributed by atoms with Crippen LogP contribution in [-0.4, -0.2) is 43.5 Å². The molecular weight excluding hydrogens is 442 g/mol. The summed E-state index contributed by atoms with van der Waals surface area (Å²) in [6.45, 7) is 4.69. The summed E-state index contributed by atoms with van der Waals surface area (Å²) in [4.78, 5) is 29.3. The minimum atomic E-state index is -0.427. The van der Waals surface area contributed by atoms with Crippen LogP contribution < -0.4 is 9.47 Å². The highest BCUT2D eigenvalue weighted by molar-refractivity contribution is 6.11. The fourth-order valence-electron chi connectivity index (χ4n) is 5.74. The first-order valence-corrected chi connectivity index (χ1v) is 12.4. The van der Waals surface area contributed by atoms with Crippen LogP contribution in [0.1, 0.15) is 48.9 Å². The number of aryl methyl sites for hydroxylation is 1. The molecule has 0 radical (unpaired) electrons. The first-order chi connectivity index (χ1) is 16.9. The van der Waals surface area contributed by atoms with Crippen molar-refractivity contribution in [1.82, 2.24) is 4.90 Å². The number of amides is 1. The molecule has 6 nitrogen and oxygen atoms in total. The molecule has 2 heterocycles. The van der Waals surface area contributed by atoms with Gasteiger partial charge in [0.05, 0.1) is 31.8 Å². The number of benzene rings is 2. The Morgan fingerprint density at radius 1 is 1.00 bits per heavy atom. The molecule has 4 unspecified atom stereocenters. The molecule has 184 valence electrons. The number of rotatable bonds is 6. The summed E-state index contributed by atoms with van der Waals surface area (Å²) in [6, 6.07) is 13.5. The van der Waals surface area contributed by atoms with Crippen molar-refractivity contribution in [3.05, 3.63) is 70.5 Å². The molecule has 1 fully saturated rings. The molecule has 6 heteroatoms. The SMILES string of the molecule is COc1ccc(CCN2C(=O)C3=C(C(=O)C4CC(C)CCC4O3)C2c2ccc(C)cc2)cc1OC. The summed E-state index contributed by atoms with van der Waals surface area (Å²) in [5.74, 6) is 1.82. The predicted octanol–water partition coefficient (Wildman–Crippen LogP) is 4.80. The number of Topliss-reactive ketones (excluding diaryl/α,β-unsaturated/α-hetero) is 1. The van der Waals surface area contributed by atoms with Gasteiger partial charge in [-0.25, -0.2) is 0 Å². The number of methoxy groups -OCH3 is 2. The van der Waals surface area contributed by atoms with E-state index in [1.54, 1.807) is 14.2 Å². The molecule has 2 aromatic carbocycles. The van der Waals surface area contributed by atoms with Crippen molar-refractivity contribution in [2.24, 2.45) is 11.8 Å². The van der Waals surface area contributed by atoms with Crippen molar-refractivity contribution >= 4 is 11.7 Å². The van der Waals surface area contributed by atoms with E-state index in [0.717, 1.165) is 36.0 Å². The summed E-state index contributed by atoms with van der Waals surface area (Å²) < 4.78 is 17.1. The van der Waals surface area contributed by atoms with Crippen LogP contribution in [0.4, 0.5) is 0 Å². The zero-order valence-electron chi connectivity index (χ0n) is 20.9. The maximum absolute atomic E-state index is 13.8. The third-order valence-electron chi connectivity index (χ3n) is 7.69. The number of nitrogens with zero attached hydrogens (tertiary/aromatic N) is 1. The van der Waals surface area contributed by atoms with Crippen LogP contribution in [0.2, 0.25) is 0 Å². The third-order valence-corrected chi connectivity index (χ3v) is 7.69. The predicted molar refractivity (Wildman–Crippen MR) is 132 cm³/mol. The second-order valence-corrected chi connectivity index (χ2v) is 10.0. The number of hydrogen-bond acceptors (Lipinski definition) is 5. The Morgan fingerprint density at radius 3 is 2.46 bits per heavy atom. The average Bonchev–Trinajstić information content (AvgIpc) is 3.15. The van der Waals surface area contributed by atoms with Crippen molar-refractivity contribution in [2.75, 3.05) is 20.8 Å². The van der Waals surface area contributed by atoms with Crippen LogP contribution in [0.25, 0.3) is 0 Å². The highest BCUT2D eigenvalue weighted by atomic mass is 16.5. The molecule has 1 aliphatic carbocycles. The molecule has 0 aromatic heterocycles. The monoisotopic (exact) mass is 475 g/mol. The molecule has 35 heavy (non-hydrogen) atoms. The van der Waals surface area contributed by atoms with Crippen molar-refractivity contribution in [1.29, 1.82) is 0 Å². The Morgan fingerprint density at radius 2 is 1.74 bits per heavy atom. The Labute approximate surface area is 206 Å². The quantitative estimate of drug-likeness (QED) is 0.601. The summed E-state index contributed by atoms with van der Waals surface area (Å²) in [6.07, 6.45) is 3.09. The largest absolute Gasteiger partial charge is 0.493 e. The van der Waals surface area contributed by atoms with Gasteiger partial charge < -0.3 is 19.1 Å². The summed E-state index contributed by atoms with van der Waals surface area (Å²) >= 11 is 0. The van der Waals surface area contributed by atoms with Crippen LogP contribution in [0.3, 0.4) is 0 Å². The van der Waals surface area contributed by atoms with Gasteiger partial charge in [0.25, 0.3) is 5.91 Å². The van der Waals surface area contributed by atoms with Gasteiger partial charge in [0.15, 0.2) is 23.0 Å². The number of ketones is 1. The maximum atomic E-state index is 13.8. The molecule has 0 saturated heterocycles. The Balaban J connectivity index is 1.47. The van der Waals surface area contributed by atoms with E-state index in [-0.39, 0.29) is 29.5 Å². The zero-order chi connectivity index (χ0) is 24.7. The molecule has 4 atom stereocenters. The van der Waals surface area contributed by atoms with Gasteiger partial charge in [0, 0.05) is 6.54 Å². The van der Waals surface area contributed by atoms with E-state index in [2.05, 4.69) is 6.92 Å². The van der Waals surface area contributed by atoms with Gasteiger partial charge >= 0.3 is 0 Å². The van der Waals surface area contributed by atoms with E-state index in [9.17, 15) is 9.59 Å². The van der Waals surface area contributed by atoms with Crippen molar-refractivity contribution in [3.63, 3.8) is 0 Å². The number of carbonyl (C=O) groups excluding carboxylic acids is 2. The highest BCUT2D eigenvalue weighted by Gasteiger charge is 2.52. The van der Waals surface area contributed by atoms with E-state index in [0.29, 0.717) is 36.0 Å². The smallest absolute Gasteiger partial charge is 0.290 e. The average molecular weight is 476 g/mol. The fourth-order valence-corrected chi connectivity index (χ4v) is 5.74. The summed E-state index contributed by atoms with van der Waals surface area (Å²) in [5.41, 5.74) is 3.65. The van der Waals surface area contributed by atoms with E-state index < -0.39 is 6.04 Å². The van der Waals surface area contributed by atoms with E-state index >= 15 is 0 Å². The van der Waals surface area contributed by atoms with Gasteiger partial charge in [-0.3, -0.25) is 9.59 Å². The first-order valence-electron chi connectivity index (χ1n) is 12.4. The van der Waals surface area contributed by atoms with Crippen LogP contribution in [0.5, 0.6) is 11.5 Å². The van der Waals surface area contributed by atoms with Crippen LogP contribution in [0.15, 0.2) is 53.8 Å². The van der Waals surface area contributed by atoms with Crippen LogP contribution in [0, 0.1) is 18.8 Å². The molecule has 0 N–H and O–H groups in total. The molecule has 5 rings (SSSR count). The second-order valence-electron chi connectivity index (χ2n) is 10.0. The molecule has 1 amide bonds. The fraction of sp³-hybridized carbons (Fsp3) is 0.448. The Kier molecular flexibility index (Phi) is 6.30. The molecule has 1 saturated carbocycles. The number of carbonyl (C=O) groups is 2. The minimum Gasteiger partial charge on any atom is -0.493 e. The molecule has 2 aliphatic heterocycles. The lowest BCUT2D eigenvalue weighted by Gasteiger charge is -2.37. The third kappa shape index (κ3) is 4.19. The van der Waals surface area contributed by atoms with Gasteiger partial charge in [-0.15, -0.1) is 0 Å². The van der Waals surface area contributed by atoms with Gasteiger partial charge in [-0.2, -0.15) is 0 Å². The Bertz CT molecular complexity index is 1170. The van der Waals surface area contributed by atoms with E-state index in [4.69, 9.17) is 14.2 Å². The van der Waals surface area contributed by atoms with Crippen LogP contribution in [-0.2, 0) is 20.7 Å².